The quantitative estimate of drug-likeness (QED) is 0.831. The molecule has 2 heterocycles. The summed E-state index contributed by atoms with van der Waals surface area (Å²) in [6.45, 7) is 5.73. The van der Waals surface area contributed by atoms with Gasteiger partial charge in [-0.05, 0) is 45.6 Å². The van der Waals surface area contributed by atoms with E-state index in [-0.39, 0.29) is 6.04 Å². The van der Waals surface area contributed by atoms with Crippen molar-refractivity contribution in [3.63, 3.8) is 0 Å². The second kappa shape index (κ2) is 6.65. The third-order valence-electron chi connectivity index (χ3n) is 5.14. The van der Waals surface area contributed by atoms with Crippen molar-refractivity contribution in [2.45, 2.75) is 69.2 Å². The minimum Gasteiger partial charge on any atom is -0.591 e. The van der Waals surface area contributed by atoms with E-state index in [2.05, 4.69) is 4.40 Å². The smallest absolute Gasteiger partial charge is 0.408 e. The van der Waals surface area contributed by atoms with Crippen LogP contribution in [0.15, 0.2) is 34.7 Å². The van der Waals surface area contributed by atoms with Crippen molar-refractivity contribution in [1.82, 2.24) is 4.90 Å². The number of carboxylic acid groups (broad SMARTS) is 1. The Morgan fingerprint density at radius 2 is 2.08 bits per heavy atom. The molecule has 6 heteroatoms. The molecule has 3 rings (SSSR count). The highest BCUT2D eigenvalue weighted by Gasteiger charge is 2.53. The van der Waals surface area contributed by atoms with Crippen molar-refractivity contribution in [2.75, 3.05) is 0 Å². The molecule has 2 fully saturated rings. The molecule has 1 N–H and O–H groups in total. The van der Waals surface area contributed by atoms with Crippen molar-refractivity contribution in [1.29, 1.82) is 0 Å². The highest BCUT2D eigenvalue weighted by Crippen LogP contribution is 2.45. The van der Waals surface area contributed by atoms with Gasteiger partial charge in [-0.15, -0.1) is 0 Å². The molecule has 1 amide bonds. The lowest BCUT2D eigenvalue weighted by Gasteiger charge is -2.43. The zero-order valence-corrected chi connectivity index (χ0v) is 15.9. The van der Waals surface area contributed by atoms with Crippen molar-refractivity contribution < 1.29 is 14.5 Å². The Kier molecular flexibility index (Phi) is 4.86. The maximum Gasteiger partial charge on any atom is 0.408 e. The normalized spacial score (nSPS) is 29.0. The Balaban J connectivity index is 1.91. The third-order valence-corrected chi connectivity index (χ3v) is 6.61. The molecule has 0 saturated carbocycles. The average Bonchev–Trinajstić information content (AvgIpc) is 2.75. The van der Waals surface area contributed by atoms with Crippen LogP contribution in [0.3, 0.4) is 0 Å². The van der Waals surface area contributed by atoms with Crippen LogP contribution in [0.4, 0.5) is 4.79 Å². The van der Waals surface area contributed by atoms with Gasteiger partial charge in [0, 0.05) is 18.9 Å². The van der Waals surface area contributed by atoms with Gasteiger partial charge in [0.1, 0.15) is 16.1 Å². The minimum atomic E-state index is -1.30. The van der Waals surface area contributed by atoms with E-state index >= 15 is 0 Å². The first-order valence-electron chi connectivity index (χ1n) is 8.76. The van der Waals surface area contributed by atoms with E-state index in [0.717, 1.165) is 24.1 Å². The average molecular weight is 362 g/mol. The Morgan fingerprint density at radius 1 is 1.40 bits per heavy atom. The first kappa shape index (κ1) is 18.3. The highest BCUT2D eigenvalue weighted by atomic mass is 32.2. The molecule has 2 bridgehead atoms. The highest BCUT2D eigenvalue weighted by molar-refractivity contribution is 7.91. The van der Waals surface area contributed by atoms with Crippen molar-refractivity contribution in [3.05, 3.63) is 35.9 Å². The molecule has 0 radical (unpaired) electrons. The number of hydrogen-bond acceptors (Lipinski definition) is 3. The van der Waals surface area contributed by atoms with Crippen molar-refractivity contribution in [2.24, 2.45) is 4.40 Å². The summed E-state index contributed by atoms with van der Waals surface area (Å²) >= 11 is -1.30. The van der Waals surface area contributed by atoms with Crippen LogP contribution in [0.25, 0.3) is 0 Å². The Bertz CT molecular complexity index is 671. The van der Waals surface area contributed by atoms with E-state index in [0.29, 0.717) is 19.3 Å². The molecule has 2 aliphatic rings. The fourth-order valence-corrected chi connectivity index (χ4v) is 4.71. The largest absolute Gasteiger partial charge is 0.591 e. The molecule has 0 spiro atoms. The molecular weight excluding hydrogens is 336 g/mol. The van der Waals surface area contributed by atoms with E-state index in [9.17, 15) is 14.5 Å². The topological polar surface area (TPSA) is 76.0 Å². The number of nitrogens with zero attached hydrogens (tertiary/aromatic N) is 2. The third kappa shape index (κ3) is 3.70. The van der Waals surface area contributed by atoms with Crippen LogP contribution < -0.4 is 0 Å². The molecule has 3 atom stereocenters. The van der Waals surface area contributed by atoms with Crippen LogP contribution in [-0.2, 0) is 17.8 Å². The Hall–Kier alpha value is -1.53. The van der Waals surface area contributed by atoms with E-state index in [4.69, 9.17) is 0 Å². The Morgan fingerprint density at radius 3 is 2.68 bits per heavy atom. The number of rotatable bonds is 3. The number of carbonyl (C=O) groups is 1. The van der Waals surface area contributed by atoms with Gasteiger partial charge < -0.3 is 9.66 Å². The minimum absolute atomic E-state index is 0.0503. The predicted octanol–water partition coefficient (Wildman–Crippen LogP) is 3.81. The van der Waals surface area contributed by atoms with Gasteiger partial charge >= 0.3 is 6.09 Å². The fraction of sp³-hybridized carbons (Fsp3) is 0.579. The van der Waals surface area contributed by atoms with Gasteiger partial charge in [0.15, 0.2) is 0 Å². The lowest BCUT2D eigenvalue weighted by atomic mass is 9.82. The molecular formula is C19H26N2O3S. The predicted molar refractivity (Wildman–Crippen MR) is 100 cm³/mol. The summed E-state index contributed by atoms with van der Waals surface area (Å²) in [5.74, 6) is 0. The second-order valence-electron chi connectivity index (χ2n) is 8.13. The standard InChI is InChI=1S/C19H26N2O3S/c1-18(2,3)25(24)20-15-11-16-9-10-19(13-15,21(16)17(22)23)12-14-7-5-4-6-8-14/h4-8,16H,9-13H2,1-3H3,(H,22,23)/b20-15-. The van der Waals surface area contributed by atoms with E-state index in [1.165, 1.54) is 0 Å². The second-order valence-corrected chi connectivity index (χ2v) is 10.0. The molecule has 1 aromatic rings. The molecule has 5 nitrogen and oxygen atoms in total. The molecule has 2 saturated heterocycles. The van der Waals surface area contributed by atoms with Crippen LogP contribution in [0.1, 0.15) is 52.0 Å². The Labute approximate surface area is 152 Å². The number of hydrogen-bond donors (Lipinski definition) is 1. The maximum atomic E-state index is 12.4. The molecule has 3 unspecified atom stereocenters. The summed E-state index contributed by atoms with van der Waals surface area (Å²) in [5.41, 5.74) is 1.58. The number of piperidine rings is 1. The van der Waals surface area contributed by atoms with Gasteiger partial charge in [0.05, 0.1) is 11.3 Å². The summed E-state index contributed by atoms with van der Waals surface area (Å²) < 4.78 is 16.5. The van der Waals surface area contributed by atoms with Gasteiger partial charge in [-0.3, -0.25) is 4.90 Å². The monoisotopic (exact) mass is 362 g/mol. The van der Waals surface area contributed by atoms with E-state index in [1.807, 2.05) is 51.1 Å². The van der Waals surface area contributed by atoms with Gasteiger partial charge in [-0.2, -0.15) is 0 Å². The summed E-state index contributed by atoms with van der Waals surface area (Å²) in [5, 5.41) is 9.79. The van der Waals surface area contributed by atoms with Crippen LogP contribution in [0.5, 0.6) is 0 Å². The molecule has 0 aliphatic carbocycles. The number of amides is 1. The van der Waals surface area contributed by atoms with Crippen LogP contribution in [0, 0.1) is 0 Å². The summed E-state index contributed by atoms with van der Waals surface area (Å²) in [4.78, 5) is 13.6. The van der Waals surface area contributed by atoms with Crippen LogP contribution >= 0.6 is 0 Å². The van der Waals surface area contributed by atoms with Crippen molar-refractivity contribution >= 4 is 23.2 Å². The molecule has 2 aliphatic heterocycles. The van der Waals surface area contributed by atoms with Crippen LogP contribution in [0.2, 0.25) is 0 Å². The lowest BCUT2D eigenvalue weighted by Crippen LogP contribution is -2.56. The first-order valence-corrected chi connectivity index (χ1v) is 9.87. The van der Waals surface area contributed by atoms with E-state index < -0.39 is 27.7 Å². The van der Waals surface area contributed by atoms with Gasteiger partial charge in [0.25, 0.3) is 0 Å². The van der Waals surface area contributed by atoms with Crippen molar-refractivity contribution in [3.8, 4) is 0 Å². The summed E-state index contributed by atoms with van der Waals surface area (Å²) in [7, 11) is 0. The maximum absolute atomic E-state index is 12.4. The zero-order valence-electron chi connectivity index (χ0n) is 15.1. The summed E-state index contributed by atoms with van der Waals surface area (Å²) in [6, 6.07) is 9.97. The van der Waals surface area contributed by atoms with Crippen LogP contribution in [-0.4, -0.2) is 42.7 Å². The lowest BCUT2D eigenvalue weighted by molar-refractivity contribution is 0.0767. The molecule has 136 valence electrons. The number of benzene rings is 1. The fourth-order valence-electron chi connectivity index (χ4n) is 4.06. The molecule has 1 aromatic carbocycles. The zero-order chi connectivity index (χ0) is 18.2. The number of fused-ring (bicyclic) bond motifs is 2. The molecule has 0 aromatic heterocycles. The van der Waals surface area contributed by atoms with Gasteiger partial charge in [-0.25, -0.2) is 4.79 Å². The summed E-state index contributed by atoms with van der Waals surface area (Å²) in [6.07, 6.45) is 2.68. The SMILES string of the molecule is CC(C)(C)[S+]([O-])/N=C1/CC2CCC(Cc3ccccc3)(C1)N2C(=O)O. The van der Waals surface area contributed by atoms with Gasteiger partial charge in [0.2, 0.25) is 0 Å². The molecule has 25 heavy (non-hydrogen) atoms. The van der Waals surface area contributed by atoms with E-state index in [1.54, 1.807) is 4.90 Å². The first-order chi connectivity index (χ1) is 11.7. The van der Waals surface area contributed by atoms with Gasteiger partial charge in [-0.1, -0.05) is 34.7 Å².